The molecule has 2 rings (SSSR count). The molecule has 0 spiro atoms. The molecule has 1 atom stereocenters. The number of hydrogen-bond acceptors (Lipinski definition) is 3. The summed E-state index contributed by atoms with van der Waals surface area (Å²) in [4.78, 5) is 6.84. The van der Waals surface area contributed by atoms with Crippen molar-refractivity contribution in [1.82, 2.24) is 9.88 Å². The Kier molecular flexibility index (Phi) is 5.45. The molecule has 0 radical (unpaired) electrons. The first-order valence-electron chi connectivity index (χ1n) is 6.63. The van der Waals surface area contributed by atoms with Gasteiger partial charge in [-0.1, -0.05) is 22.0 Å². The molecule has 100 valence electrons. The van der Waals surface area contributed by atoms with Gasteiger partial charge in [0.2, 0.25) is 5.88 Å². The zero-order valence-electron chi connectivity index (χ0n) is 10.9. The molecular formula is C14H21BrN2O. The van der Waals surface area contributed by atoms with Crippen molar-refractivity contribution in [3.8, 4) is 5.88 Å². The average molecular weight is 313 g/mol. The Labute approximate surface area is 118 Å². The van der Waals surface area contributed by atoms with Crippen LogP contribution in [0.5, 0.6) is 5.88 Å². The van der Waals surface area contributed by atoms with Crippen LogP contribution in [-0.2, 0) is 6.54 Å². The van der Waals surface area contributed by atoms with E-state index in [9.17, 15) is 0 Å². The normalized spacial score (nSPS) is 20.2. The lowest BCUT2D eigenvalue weighted by molar-refractivity contribution is 0.230. The van der Waals surface area contributed by atoms with Gasteiger partial charge in [0.25, 0.3) is 0 Å². The molecule has 18 heavy (non-hydrogen) atoms. The standard InChI is InChI=1S/C14H21BrN2O/c1-18-14-12(5-3-9-16-14)11-17-10-4-7-13(17)6-2-8-15/h3,5,9,13H,2,4,6-8,10-11H2,1H3. The first kappa shape index (κ1) is 13.8. The van der Waals surface area contributed by atoms with Crippen LogP contribution in [0.25, 0.3) is 0 Å². The Bertz CT molecular complexity index is 373. The maximum Gasteiger partial charge on any atom is 0.217 e. The van der Waals surface area contributed by atoms with Gasteiger partial charge in [0, 0.05) is 29.7 Å². The summed E-state index contributed by atoms with van der Waals surface area (Å²) in [5.74, 6) is 0.767. The minimum absolute atomic E-state index is 0.729. The van der Waals surface area contributed by atoms with Crippen molar-refractivity contribution in [2.75, 3.05) is 19.0 Å². The molecule has 3 nitrogen and oxygen atoms in total. The number of likely N-dealkylation sites (tertiary alicyclic amines) is 1. The molecule has 0 bridgehead atoms. The highest BCUT2D eigenvalue weighted by Gasteiger charge is 2.24. The lowest BCUT2D eigenvalue weighted by Gasteiger charge is -2.24. The van der Waals surface area contributed by atoms with Gasteiger partial charge >= 0.3 is 0 Å². The SMILES string of the molecule is COc1ncccc1CN1CCCC1CCCBr. The fraction of sp³-hybridized carbons (Fsp3) is 0.643. The van der Waals surface area contributed by atoms with Gasteiger partial charge in [0.1, 0.15) is 0 Å². The first-order chi connectivity index (χ1) is 8.85. The zero-order chi connectivity index (χ0) is 12.8. The quantitative estimate of drug-likeness (QED) is 0.754. The molecule has 1 saturated heterocycles. The number of hydrogen-bond donors (Lipinski definition) is 0. The van der Waals surface area contributed by atoms with Crippen LogP contribution < -0.4 is 4.74 Å². The molecule has 1 unspecified atom stereocenters. The summed E-state index contributed by atoms with van der Waals surface area (Å²) < 4.78 is 5.33. The molecule has 1 aromatic rings. The number of nitrogens with zero attached hydrogens (tertiary/aromatic N) is 2. The number of pyridine rings is 1. The molecule has 0 N–H and O–H groups in total. The second-order valence-corrected chi connectivity index (χ2v) is 5.56. The molecule has 1 aromatic heterocycles. The molecule has 0 aliphatic carbocycles. The second kappa shape index (κ2) is 7.10. The molecule has 0 aromatic carbocycles. The maximum absolute atomic E-state index is 5.33. The van der Waals surface area contributed by atoms with Crippen LogP contribution in [-0.4, -0.2) is 34.9 Å². The number of methoxy groups -OCH3 is 1. The van der Waals surface area contributed by atoms with E-state index >= 15 is 0 Å². The minimum Gasteiger partial charge on any atom is -0.481 e. The average Bonchev–Trinajstić information content (AvgIpc) is 2.84. The van der Waals surface area contributed by atoms with E-state index in [2.05, 4.69) is 31.9 Å². The van der Waals surface area contributed by atoms with Gasteiger partial charge in [-0.15, -0.1) is 0 Å². The summed E-state index contributed by atoms with van der Waals surface area (Å²) in [5.41, 5.74) is 1.20. The van der Waals surface area contributed by atoms with Crippen LogP contribution in [0.2, 0.25) is 0 Å². The lowest BCUT2D eigenvalue weighted by atomic mass is 10.1. The van der Waals surface area contributed by atoms with Crippen molar-refractivity contribution >= 4 is 15.9 Å². The number of rotatable bonds is 6. The summed E-state index contributed by atoms with van der Waals surface area (Å²) in [5, 5.41) is 1.10. The molecule has 4 heteroatoms. The smallest absolute Gasteiger partial charge is 0.217 e. The Morgan fingerprint density at radius 2 is 2.44 bits per heavy atom. The third kappa shape index (κ3) is 3.45. The van der Waals surface area contributed by atoms with E-state index in [1.54, 1.807) is 13.3 Å². The highest BCUT2D eigenvalue weighted by atomic mass is 79.9. The molecular weight excluding hydrogens is 292 g/mol. The van der Waals surface area contributed by atoms with Crippen LogP contribution in [0.4, 0.5) is 0 Å². The van der Waals surface area contributed by atoms with Crippen molar-refractivity contribution < 1.29 is 4.74 Å². The van der Waals surface area contributed by atoms with Gasteiger partial charge in [0.15, 0.2) is 0 Å². The van der Waals surface area contributed by atoms with Crippen LogP contribution >= 0.6 is 15.9 Å². The molecule has 0 amide bonds. The molecule has 1 fully saturated rings. The van der Waals surface area contributed by atoms with Crippen molar-refractivity contribution in [3.63, 3.8) is 0 Å². The van der Waals surface area contributed by atoms with Gasteiger partial charge in [-0.2, -0.15) is 0 Å². The summed E-state index contributed by atoms with van der Waals surface area (Å²) in [6, 6.07) is 4.83. The maximum atomic E-state index is 5.33. The summed E-state index contributed by atoms with van der Waals surface area (Å²) in [6.45, 7) is 2.16. The Hall–Kier alpha value is -0.610. The Morgan fingerprint density at radius 3 is 3.22 bits per heavy atom. The van der Waals surface area contributed by atoms with E-state index in [0.29, 0.717) is 0 Å². The predicted molar refractivity (Wildman–Crippen MR) is 77.2 cm³/mol. The summed E-state index contributed by atoms with van der Waals surface area (Å²) >= 11 is 3.52. The molecule has 1 aliphatic heterocycles. The number of alkyl halides is 1. The minimum atomic E-state index is 0.729. The van der Waals surface area contributed by atoms with Crippen LogP contribution in [0.1, 0.15) is 31.2 Å². The summed E-state index contributed by atoms with van der Waals surface area (Å²) in [7, 11) is 1.69. The van der Waals surface area contributed by atoms with Gasteiger partial charge in [-0.05, 0) is 38.3 Å². The summed E-state index contributed by atoms with van der Waals surface area (Å²) in [6.07, 6.45) is 6.97. The van der Waals surface area contributed by atoms with Crippen molar-refractivity contribution in [1.29, 1.82) is 0 Å². The first-order valence-corrected chi connectivity index (χ1v) is 7.75. The van der Waals surface area contributed by atoms with Crippen LogP contribution in [0.15, 0.2) is 18.3 Å². The van der Waals surface area contributed by atoms with Crippen LogP contribution in [0, 0.1) is 0 Å². The van der Waals surface area contributed by atoms with E-state index in [1.165, 1.54) is 37.8 Å². The van der Waals surface area contributed by atoms with Crippen molar-refractivity contribution in [2.24, 2.45) is 0 Å². The van der Waals surface area contributed by atoms with Gasteiger partial charge in [-0.3, -0.25) is 4.90 Å². The number of aromatic nitrogens is 1. The fourth-order valence-corrected chi connectivity index (χ4v) is 3.01. The Balaban J connectivity index is 1.99. The van der Waals surface area contributed by atoms with E-state index < -0.39 is 0 Å². The monoisotopic (exact) mass is 312 g/mol. The van der Waals surface area contributed by atoms with E-state index in [-0.39, 0.29) is 0 Å². The van der Waals surface area contributed by atoms with Crippen molar-refractivity contribution in [2.45, 2.75) is 38.3 Å². The zero-order valence-corrected chi connectivity index (χ0v) is 12.5. The van der Waals surface area contributed by atoms with E-state index in [0.717, 1.165) is 23.8 Å². The van der Waals surface area contributed by atoms with Gasteiger partial charge in [0.05, 0.1) is 7.11 Å². The largest absolute Gasteiger partial charge is 0.481 e. The molecule has 2 heterocycles. The highest BCUT2D eigenvalue weighted by molar-refractivity contribution is 9.09. The molecule has 1 aliphatic rings. The van der Waals surface area contributed by atoms with Crippen molar-refractivity contribution in [3.05, 3.63) is 23.9 Å². The fourth-order valence-electron chi connectivity index (χ4n) is 2.69. The van der Waals surface area contributed by atoms with Gasteiger partial charge < -0.3 is 4.74 Å². The van der Waals surface area contributed by atoms with E-state index in [4.69, 9.17) is 4.74 Å². The number of halogens is 1. The Morgan fingerprint density at radius 1 is 1.56 bits per heavy atom. The topological polar surface area (TPSA) is 25.4 Å². The highest BCUT2D eigenvalue weighted by Crippen LogP contribution is 2.26. The van der Waals surface area contributed by atoms with E-state index in [1.807, 2.05) is 6.07 Å². The van der Waals surface area contributed by atoms with Crippen LogP contribution in [0.3, 0.4) is 0 Å². The lowest BCUT2D eigenvalue weighted by Crippen LogP contribution is -2.29. The molecule has 0 saturated carbocycles. The third-order valence-corrected chi connectivity index (χ3v) is 4.15. The second-order valence-electron chi connectivity index (χ2n) is 4.77. The third-order valence-electron chi connectivity index (χ3n) is 3.59. The number of ether oxygens (including phenoxy) is 1. The van der Waals surface area contributed by atoms with Gasteiger partial charge in [-0.25, -0.2) is 4.98 Å². The predicted octanol–water partition coefficient (Wildman–Crippen LogP) is 3.23.